The van der Waals surface area contributed by atoms with Crippen molar-refractivity contribution in [2.75, 3.05) is 10.6 Å². The molecule has 0 atom stereocenters. The molecule has 0 heterocycles. The minimum atomic E-state index is -4.56. The van der Waals surface area contributed by atoms with Gasteiger partial charge in [0.1, 0.15) is 23.9 Å². The van der Waals surface area contributed by atoms with Gasteiger partial charge >= 0.3 is 6.18 Å². The molecule has 2 aromatic carbocycles. The molecule has 2 rings (SSSR count). The number of hydrogen-bond acceptors (Lipinski definition) is 5. The van der Waals surface area contributed by atoms with Gasteiger partial charge in [-0.3, -0.25) is 4.79 Å². The van der Waals surface area contributed by atoms with Gasteiger partial charge in [-0.2, -0.15) is 29.0 Å². The highest BCUT2D eigenvalue weighted by atomic mass is 19.4. The number of hydrogen-bond donors (Lipinski definition) is 2. The quantitative estimate of drug-likeness (QED) is 0.771. The van der Waals surface area contributed by atoms with Crippen LogP contribution in [0.25, 0.3) is 0 Å². The van der Waals surface area contributed by atoms with Crippen molar-refractivity contribution < 1.29 is 18.0 Å². The Balaban J connectivity index is 2.34. The van der Waals surface area contributed by atoms with Gasteiger partial charge in [-0.25, -0.2) is 0 Å². The van der Waals surface area contributed by atoms with Gasteiger partial charge in [-0.1, -0.05) is 18.2 Å². The van der Waals surface area contributed by atoms with Gasteiger partial charge in [-0.15, -0.1) is 0 Å². The molecule has 0 saturated heterocycles. The Labute approximate surface area is 157 Å². The minimum Gasteiger partial charge on any atom is -0.344 e. The zero-order valence-electron chi connectivity index (χ0n) is 14.0. The predicted octanol–water partition coefficient (Wildman–Crippen LogP) is 4.19. The summed E-state index contributed by atoms with van der Waals surface area (Å²) in [6, 6.07) is 14.7. The maximum absolute atomic E-state index is 12.8. The standard InChI is InChI=1S/C19H10F3N5O/c20-19(21,22)13-4-3-5-14(8-13)26-18(28)15-6-1-2-7-16(15)27-17(11-25)12(9-23)10-24/h1-8,27H,(H,26,28). The third-order valence-corrected chi connectivity index (χ3v) is 3.46. The molecule has 2 aromatic rings. The van der Waals surface area contributed by atoms with E-state index in [1.807, 2.05) is 0 Å². The number of amides is 1. The molecular formula is C19H10F3N5O. The van der Waals surface area contributed by atoms with E-state index in [1.54, 1.807) is 18.2 Å². The number of rotatable bonds is 4. The highest BCUT2D eigenvalue weighted by Crippen LogP contribution is 2.31. The van der Waals surface area contributed by atoms with Crippen LogP contribution in [0, 0.1) is 34.0 Å². The average Bonchev–Trinajstić information content (AvgIpc) is 2.68. The summed E-state index contributed by atoms with van der Waals surface area (Å²) in [6.45, 7) is 0. The maximum atomic E-state index is 12.8. The number of nitrogens with zero attached hydrogens (tertiary/aromatic N) is 3. The lowest BCUT2D eigenvalue weighted by Crippen LogP contribution is -2.15. The van der Waals surface area contributed by atoms with E-state index in [0.29, 0.717) is 0 Å². The molecule has 2 N–H and O–H groups in total. The van der Waals surface area contributed by atoms with Crippen molar-refractivity contribution in [3.63, 3.8) is 0 Å². The van der Waals surface area contributed by atoms with Gasteiger partial charge < -0.3 is 10.6 Å². The Kier molecular flexibility index (Phi) is 6.00. The first-order valence-corrected chi connectivity index (χ1v) is 7.59. The summed E-state index contributed by atoms with van der Waals surface area (Å²) in [4.78, 5) is 12.5. The monoisotopic (exact) mass is 381 g/mol. The summed E-state index contributed by atoms with van der Waals surface area (Å²) in [5, 5.41) is 31.8. The molecule has 1 amide bonds. The topological polar surface area (TPSA) is 112 Å². The molecule has 28 heavy (non-hydrogen) atoms. The second-order valence-electron chi connectivity index (χ2n) is 5.29. The van der Waals surface area contributed by atoms with Crippen LogP contribution >= 0.6 is 0 Å². The molecule has 0 aromatic heterocycles. The molecule has 6 nitrogen and oxygen atoms in total. The van der Waals surface area contributed by atoms with E-state index < -0.39 is 23.2 Å². The van der Waals surface area contributed by atoms with Crippen molar-refractivity contribution in [2.45, 2.75) is 6.18 Å². The molecule has 0 aliphatic heterocycles. The van der Waals surface area contributed by atoms with E-state index in [-0.39, 0.29) is 22.6 Å². The number of carbonyl (C=O) groups is 1. The zero-order chi connectivity index (χ0) is 20.7. The molecule has 0 saturated carbocycles. The molecule has 0 aliphatic carbocycles. The number of allylic oxidation sites excluding steroid dienone is 2. The molecule has 0 unspecified atom stereocenters. The van der Waals surface area contributed by atoms with E-state index >= 15 is 0 Å². The minimum absolute atomic E-state index is 0.00268. The molecule has 0 fully saturated rings. The summed E-state index contributed by atoms with van der Waals surface area (Å²) in [7, 11) is 0. The first kappa shape index (κ1) is 20.0. The fraction of sp³-hybridized carbons (Fsp3) is 0.0526. The lowest BCUT2D eigenvalue weighted by atomic mass is 10.1. The summed E-state index contributed by atoms with van der Waals surface area (Å²) >= 11 is 0. The summed E-state index contributed by atoms with van der Waals surface area (Å²) < 4.78 is 38.4. The van der Waals surface area contributed by atoms with Crippen LogP contribution in [0.15, 0.2) is 59.8 Å². The van der Waals surface area contributed by atoms with Crippen LogP contribution < -0.4 is 10.6 Å². The molecule has 0 aliphatic rings. The van der Waals surface area contributed by atoms with Crippen molar-refractivity contribution in [3.8, 4) is 18.2 Å². The van der Waals surface area contributed by atoms with Gasteiger partial charge in [0.05, 0.1) is 16.8 Å². The molecule has 0 spiro atoms. The molecule has 9 heteroatoms. The Morgan fingerprint density at radius 1 is 0.893 bits per heavy atom. The van der Waals surface area contributed by atoms with E-state index in [2.05, 4.69) is 10.6 Å². The Morgan fingerprint density at radius 3 is 2.18 bits per heavy atom. The number of benzene rings is 2. The number of nitrogens with one attached hydrogen (secondary N) is 2. The second kappa shape index (κ2) is 8.39. The predicted molar refractivity (Wildman–Crippen MR) is 93.3 cm³/mol. The van der Waals surface area contributed by atoms with Crippen molar-refractivity contribution >= 4 is 17.3 Å². The van der Waals surface area contributed by atoms with Crippen LogP contribution in [0.3, 0.4) is 0 Å². The Morgan fingerprint density at radius 2 is 1.57 bits per heavy atom. The summed E-state index contributed by atoms with van der Waals surface area (Å²) in [6.07, 6.45) is -4.56. The van der Waals surface area contributed by atoms with E-state index in [9.17, 15) is 18.0 Å². The Hall–Kier alpha value is -4.29. The zero-order valence-corrected chi connectivity index (χ0v) is 14.0. The van der Waals surface area contributed by atoms with Crippen molar-refractivity contribution in [1.29, 1.82) is 15.8 Å². The first-order valence-electron chi connectivity index (χ1n) is 7.59. The van der Waals surface area contributed by atoms with Crippen LogP contribution in [0.4, 0.5) is 24.5 Å². The summed E-state index contributed by atoms with van der Waals surface area (Å²) in [5.41, 5.74) is -1.71. The third-order valence-electron chi connectivity index (χ3n) is 3.46. The smallest absolute Gasteiger partial charge is 0.344 e. The molecule has 0 bridgehead atoms. The third kappa shape index (κ3) is 4.66. The van der Waals surface area contributed by atoms with Gasteiger partial charge in [0.15, 0.2) is 5.57 Å². The van der Waals surface area contributed by atoms with E-state index in [1.165, 1.54) is 30.3 Å². The van der Waals surface area contributed by atoms with Gasteiger partial charge in [-0.05, 0) is 30.3 Å². The SMILES string of the molecule is N#CC(C#N)=C(C#N)Nc1ccccc1C(=O)Nc1cccc(C(F)(F)F)c1. The second-order valence-corrected chi connectivity index (χ2v) is 5.29. The molecule has 0 radical (unpaired) electrons. The van der Waals surface area contributed by atoms with E-state index in [0.717, 1.165) is 18.2 Å². The van der Waals surface area contributed by atoms with Crippen molar-refractivity contribution in [3.05, 3.63) is 70.9 Å². The highest BCUT2D eigenvalue weighted by molar-refractivity contribution is 6.08. The van der Waals surface area contributed by atoms with Crippen molar-refractivity contribution in [2.24, 2.45) is 0 Å². The van der Waals surface area contributed by atoms with Gasteiger partial charge in [0.25, 0.3) is 5.91 Å². The fourth-order valence-electron chi connectivity index (χ4n) is 2.18. The van der Waals surface area contributed by atoms with Crippen LogP contribution in [0.2, 0.25) is 0 Å². The lowest BCUT2D eigenvalue weighted by Gasteiger charge is -2.13. The number of halogens is 3. The Bertz CT molecular complexity index is 1050. The van der Waals surface area contributed by atoms with Gasteiger partial charge in [0.2, 0.25) is 0 Å². The highest BCUT2D eigenvalue weighted by Gasteiger charge is 2.30. The van der Waals surface area contributed by atoms with Crippen molar-refractivity contribution in [1.82, 2.24) is 0 Å². The van der Waals surface area contributed by atoms with Crippen LogP contribution in [0.1, 0.15) is 15.9 Å². The first-order chi connectivity index (χ1) is 13.3. The maximum Gasteiger partial charge on any atom is 0.416 e. The number of para-hydroxylation sites is 1. The number of anilines is 2. The van der Waals surface area contributed by atoms with Crippen LogP contribution in [-0.4, -0.2) is 5.91 Å². The number of carbonyl (C=O) groups excluding carboxylic acids is 1. The normalized spacial score (nSPS) is 10.0. The largest absolute Gasteiger partial charge is 0.416 e. The number of nitriles is 3. The van der Waals surface area contributed by atoms with Crippen LogP contribution in [0.5, 0.6) is 0 Å². The average molecular weight is 381 g/mol. The molecule has 138 valence electrons. The fourth-order valence-corrected chi connectivity index (χ4v) is 2.18. The summed E-state index contributed by atoms with van der Waals surface area (Å²) in [5.74, 6) is -0.741. The molecular weight excluding hydrogens is 371 g/mol. The van der Waals surface area contributed by atoms with Gasteiger partial charge in [0, 0.05) is 5.69 Å². The van der Waals surface area contributed by atoms with E-state index in [4.69, 9.17) is 15.8 Å². The lowest BCUT2D eigenvalue weighted by molar-refractivity contribution is -0.137. The number of alkyl halides is 3. The van der Waals surface area contributed by atoms with Crippen LogP contribution in [-0.2, 0) is 6.18 Å².